The molecule has 3 unspecified atom stereocenters. The molecule has 1 aromatic carbocycles. The fourth-order valence-electron chi connectivity index (χ4n) is 1.81. The molecule has 0 aliphatic rings. The molecule has 0 radical (unpaired) electrons. The smallest absolute Gasteiger partial charge is 0.373 e. The van der Waals surface area contributed by atoms with Crippen LogP contribution in [0.2, 0.25) is 0 Å². The van der Waals surface area contributed by atoms with Crippen LogP contribution in [0.25, 0.3) is 0 Å². The van der Waals surface area contributed by atoms with E-state index in [2.05, 4.69) is 11.8 Å². The largest absolute Gasteiger partial charge is 0.395 e. The van der Waals surface area contributed by atoms with E-state index in [0.29, 0.717) is 25.2 Å². The van der Waals surface area contributed by atoms with Crippen molar-refractivity contribution >= 4 is 63.0 Å². The lowest BCUT2D eigenvalue weighted by atomic mass is 10.4. The summed E-state index contributed by atoms with van der Waals surface area (Å²) in [7, 11) is -19.6. The molecule has 336 valence electrons. The fraction of sp³-hybridized carbons (Fsp3) is 0.759. The van der Waals surface area contributed by atoms with Crippen LogP contribution in [0.5, 0.6) is 0 Å². The van der Waals surface area contributed by atoms with Crippen molar-refractivity contribution in [1.82, 2.24) is 4.90 Å². The molecule has 26 heteroatoms. The van der Waals surface area contributed by atoms with E-state index in [0.717, 1.165) is 19.6 Å². The van der Waals surface area contributed by atoms with Crippen molar-refractivity contribution in [2.24, 2.45) is 0 Å². The van der Waals surface area contributed by atoms with Crippen molar-refractivity contribution in [2.45, 2.75) is 41.0 Å². The van der Waals surface area contributed by atoms with Gasteiger partial charge in [0, 0.05) is 65.5 Å². The van der Waals surface area contributed by atoms with Gasteiger partial charge in [-0.15, -0.1) is 0 Å². The molecule has 9 N–H and O–H groups in total. The van der Waals surface area contributed by atoms with Gasteiger partial charge in [0.15, 0.2) is 29.5 Å². The van der Waals surface area contributed by atoms with Crippen molar-refractivity contribution in [2.75, 3.05) is 105 Å². The van der Waals surface area contributed by atoms with Crippen LogP contribution in [0.4, 0.5) is 0 Å². The summed E-state index contributed by atoms with van der Waals surface area (Å²) in [6, 6.07) is 7.70. The lowest BCUT2D eigenvalue weighted by Crippen LogP contribution is -2.28. The number of hydrogen-bond donors (Lipinski definition) is 9. The molecule has 0 fully saturated rings. The molecule has 19 nitrogen and oxygen atoms in total. The molecule has 0 amide bonds. The van der Waals surface area contributed by atoms with Crippen molar-refractivity contribution in [3.63, 3.8) is 0 Å². The number of rotatable bonds is 10. The average molecular weight is 940 g/mol. The molecule has 0 bridgehead atoms. The van der Waals surface area contributed by atoms with Gasteiger partial charge in [-0.25, -0.2) is 0 Å². The highest BCUT2D eigenvalue weighted by Gasteiger charge is 2.15. The predicted octanol–water partition coefficient (Wildman–Crippen LogP) is 4.89. The maximum absolute atomic E-state index is 11.5. The van der Waals surface area contributed by atoms with Crippen LogP contribution in [0, 0.1) is 0 Å². The summed E-state index contributed by atoms with van der Waals surface area (Å²) in [6.45, 7) is 23.8. The summed E-state index contributed by atoms with van der Waals surface area (Å²) in [5.41, 5.74) is 0. The van der Waals surface area contributed by atoms with Gasteiger partial charge in [-0.1, -0.05) is 52.8 Å². The van der Waals surface area contributed by atoms with Gasteiger partial charge in [0.2, 0.25) is 7.37 Å². The summed E-state index contributed by atoms with van der Waals surface area (Å²) in [5, 5.41) is 16.7. The number of nitrogens with zero attached hydrogens (tertiary/aromatic N) is 1. The van der Waals surface area contributed by atoms with Gasteiger partial charge in [-0.05, 0) is 38.4 Å². The van der Waals surface area contributed by atoms with E-state index in [1.165, 1.54) is 52.1 Å². The number of benzene rings is 1. The normalized spacial score (nSPS) is 13.7. The van der Waals surface area contributed by atoms with Crippen LogP contribution in [0.3, 0.4) is 0 Å². The van der Waals surface area contributed by atoms with Crippen LogP contribution < -0.4 is 5.30 Å². The Kier molecular flexibility index (Phi) is 51.7. The Bertz CT molecular complexity index is 1290. The minimum atomic E-state index is -4.02. The van der Waals surface area contributed by atoms with E-state index >= 15 is 0 Å². The zero-order valence-corrected chi connectivity index (χ0v) is 41.1. The zero-order valence-electron chi connectivity index (χ0n) is 34.8. The molecular weight excluding hydrogens is 867 g/mol. The van der Waals surface area contributed by atoms with Gasteiger partial charge in [-0.2, -0.15) is 9.59 Å². The highest BCUT2D eigenvalue weighted by atomic mass is 31.2. The minimum Gasteiger partial charge on any atom is -0.395 e. The standard InChI is InChI=1S/C8H20NO2P.C6H7O3P.2C3H9O2P.C2H7O3P.2C2H7O2P.C2H6.CO2/c1-4-5-9(6-7-10)8-12(2,3)11;7-10(8,9)6-4-2-1-3-5-6;2*1-3-6(2,4)5;1-6(4,5)2-3;2*1-5(2,3)4;1-2;2-1-3/h10H,4-8H2,1-3H3;1-5H,(H2,7,8,9);2*3H2,1-2H3,(H,4,5);3H,2H2,1H3,(H,4,5);2*1-2H3,(H,3,4);1-2H3;. The summed E-state index contributed by atoms with van der Waals surface area (Å²) in [4.78, 5) is 76.6. The topological polar surface area (TPSA) is 339 Å². The van der Waals surface area contributed by atoms with Gasteiger partial charge < -0.3 is 49.0 Å². The Morgan fingerprint density at radius 1 is 0.564 bits per heavy atom. The van der Waals surface area contributed by atoms with Crippen LogP contribution in [0.15, 0.2) is 30.3 Å². The van der Waals surface area contributed by atoms with Gasteiger partial charge in [-0.3, -0.25) is 32.3 Å². The fourth-order valence-corrected chi connectivity index (χ4v) is 3.62. The quantitative estimate of drug-likeness (QED) is 0.141. The molecule has 0 aliphatic heterocycles. The van der Waals surface area contributed by atoms with E-state index in [9.17, 15) is 32.0 Å². The molecule has 0 spiro atoms. The monoisotopic (exact) mass is 939 g/mol. The first-order valence-corrected chi connectivity index (χ1v) is 32.6. The molecule has 0 saturated carbocycles. The van der Waals surface area contributed by atoms with Crippen LogP contribution in [-0.2, 0) is 41.5 Å². The Morgan fingerprint density at radius 2 is 0.818 bits per heavy atom. The van der Waals surface area contributed by atoms with Crippen molar-refractivity contribution in [3.8, 4) is 0 Å². The molecule has 3 atom stereocenters. The third-order valence-corrected chi connectivity index (χ3v) is 8.95. The Balaban J connectivity index is -0.0000000784. The van der Waals surface area contributed by atoms with Crippen molar-refractivity contribution in [3.05, 3.63) is 30.3 Å². The average Bonchev–Trinajstić information content (AvgIpc) is 2.97. The molecule has 0 saturated heterocycles. The number of aliphatic hydroxyl groups is 2. The minimum absolute atomic E-state index is 0.0648. The Hall–Kier alpha value is -0.190. The summed E-state index contributed by atoms with van der Waals surface area (Å²) >= 11 is 0. The maximum Gasteiger partial charge on any atom is 0.373 e. The SMILES string of the molecule is CC.CCCN(CCO)CP(C)(C)=O.CCP(C)(=O)O.CCP(C)(=O)O.CP(=O)(O)CO.CP(C)(=O)O.CP(C)(=O)O.O=C=O.O=P(O)(O)c1ccccc1. The zero-order chi connectivity index (χ0) is 46.6. The molecule has 0 aliphatic carbocycles. The summed E-state index contributed by atoms with van der Waals surface area (Å²) < 4.78 is 71.7. The Labute approximate surface area is 329 Å². The molecule has 55 heavy (non-hydrogen) atoms. The van der Waals surface area contributed by atoms with Gasteiger partial charge in [0.05, 0.1) is 25.3 Å². The molecule has 0 heterocycles. The van der Waals surface area contributed by atoms with Gasteiger partial charge in [0.25, 0.3) is 0 Å². The van der Waals surface area contributed by atoms with Crippen LogP contribution >= 0.6 is 51.6 Å². The summed E-state index contributed by atoms with van der Waals surface area (Å²) in [5.74, 6) is 0. The second-order valence-corrected chi connectivity index (χ2v) is 30.1. The number of aliphatic hydroxyl groups excluding tert-OH is 2. The molecular formula is C29H72NO18P7. The highest BCUT2D eigenvalue weighted by Crippen LogP contribution is 2.36. The second-order valence-electron chi connectivity index (χ2n) is 12.0. The summed E-state index contributed by atoms with van der Waals surface area (Å²) in [6.07, 6.45) is 2.06. The van der Waals surface area contributed by atoms with Gasteiger partial charge >= 0.3 is 13.7 Å². The van der Waals surface area contributed by atoms with Crippen molar-refractivity contribution < 1.29 is 86.0 Å². The lowest BCUT2D eigenvalue weighted by Gasteiger charge is -2.22. The third-order valence-electron chi connectivity index (χ3n) is 4.03. The maximum atomic E-state index is 11.5. The molecule has 0 aromatic heterocycles. The van der Waals surface area contributed by atoms with E-state index in [1.54, 1.807) is 45.4 Å². The van der Waals surface area contributed by atoms with E-state index in [4.69, 9.17) is 54.1 Å². The molecule has 1 aromatic rings. The Morgan fingerprint density at radius 3 is 0.945 bits per heavy atom. The lowest BCUT2D eigenvalue weighted by molar-refractivity contribution is -0.191. The first-order valence-electron chi connectivity index (χ1n) is 16.2. The number of hydrogen-bond acceptors (Lipinski definition) is 12. The van der Waals surface area contributed by atoms with Crippen molar-refractivity contribution in [1.29, 1.82) is 0 Å². The van der Waals surface area contributed by atoms with Crippen LogP contribution in [0.1, 0.15) is 41.0 Å². The second kappa shape index (κ2) is 39.3. The third kappa shape index (κ3) is 126. The first kappa shape index (κ1) is 72.4. The number of carbonyl (C=O) groups excluding carboxylic acids is 2. The van der Waals surface area contributed by atoms with E-state index in [1.807, 2.05) is 13.8 Å². The van der Waals surface area contributed by atoms with Crippen LogP contribution in [-0.4, -0.2) is 160 Å². The van der Waals surface area contributed by atoms with E-state index < -0.39 is 57.9 Å². The predicted molar refractivity (Wildman–Crippen MR) is 227 cm³/mol. The first-order chi connectivity index (χ1) is 24.2. The van der Waals surface area contributed by atoms with Gasteiger partial charge in [0.1, 0.15) is 6.35 Å². The highest BCUT2D eigenvalue weighted by molar-refractivity contribution is 7.62. The van der Waals surface area contributed by atoms with E-state index in [-0.39, 0.29) is 18.1 Å². The molecule has 1 rings (SSSR count).